The smallest absolute Gasteiger partial charge is 0.0471 e. The van der Waals surface area contributed by atoms with Crippen molar-refractivity contribution < 1.29 is 0 Å². The lowest BCUT2D eigenvalue weighted by Gasteiger charge is -2.38. The molecule has 1 fully saturated rings. The highest BCUT2D eigenvalue weighted by Gasteiger charge is 2.25. The molecule has 0 bridgehead atoms. The van der Waals surface area contributed by atoms with Gasteiger partial charge in [0.25, 0.3) is 0 Å². The lowest BCUT2D eigenvalue weighted by atomic mass is 9.98. The van der Waals surface area contributed by atoms with Crippen molar-refractivity contribution in [1.29, 1.82) is 0 Å². The zero-order valence-electron chi connectivity index (χ0n) is 12.5. The van der Waals surface area contributed by atoms with Gasteiger partial charge in [-0.05, 0) is 45.2 Å². The molecule has 2 nitrogen and oxygen atoms in total. The molecule has 1 saturated carbocycles. The second-order valence-electron chi connectivity index (χ2n) is 6.12. The summed E-state index contributed by atoms with van der Waals surface area (Å²) in [6.07, 6.45) is 3.71. The van der Waals surface area contributed by atoms with E-state index in [4.69, 9.17) is 11.6 Å². The molecule has 0 amide bonds. The molecule has 0 heterocycles. The van der Waals surface area contributed by atoms with Crippen molar-refractivity contribution in [2.75, 3.05) is 11.9 Å². The van der Waals surface area contributed by atoms with E-state index in [9.17, 15) is 0 Å². The highest BCUT2D eigenvalue weighted by atomic mass is 35.5. The zero-order valence-corrected chi connectivity index (χ0v) is 13.2. The monoisotopic (exact) mass is 280 g/mol. The largest absolute Gasteiger partial charge is 0.369 e. The van der Waals surface area contributed by atoms with Gasteiger partial charge >= 0.3 is 0 Å². The van der Waals surface area contributed by atoms with E-state index in [1.807, 2.05) is 12.1 Å². The minimum Gasteiger partial charge on any atom is -0.369 e. The Morgan fingerprint density at radius 2 is 2.05 bits per heavy atom. The SMILES string of the molecule is CCC(C)(C)N(C)c1cccc(Cl)c1CNC1CC1. The molecule has 0 unspecified atom stereocenters. The van der Waals surface area contributed by atoms with E-state index in [1.54, 1.807) is 0 Å². The molecule has 0 aliphatic heterocycles. The van der Waals surface area contributed by atoms with Crippen LogP contribution in [0.5, 0.6) is 0 Å². The first kappa shape index (κ1) is 14.7. The third-order valence-corrected chi connectivity index (χ3v) is 4.73. The Morgan fingerprint density at radius 1 is 1.37 bits per heavy atom. The fraction of sp³-hybridized carbons (Fsp3) is 0.625. The van der Waals surface area contributed by atoms with E-state index in [0.717, 1.165) is 18.0 Å². The van der Waals surface area contributed by atoms with Gasteiger partial charge < -0.3 is 10.2 Å². The van der Waals surface area contributed by atoms with E-state index < -0.39 is 0 Å². The number of hydrogen-bond donors (Lipinski definition) is 1. The Morgan fingerprint density at radius 3 is 2.63 bits per heavy atom. The standard InChI is InChI=1S/C16H25ClN2/c1-5-16(2,3)19(4)15-8-6-7-14(17)13(15)11-18-12-9-10-12/h6-8,12,18H,5,9-11H2,1-4H3. The van der Waals surface area contributed by atoms with Crippen molar-refractivity contribution in [3.63, 3.8) is 0 Å². The number of anilines is 1. The van der Waals surface area contributed by atoms with Crippen molar-refractivity contribution >= 4 is 17.3 Å². The molecular weight excluding hydrogens is 256 g/mol. The van der Waals surface area contributed by atoms with Crippen LogP contribution < -0.4 is 10.2 Å². The fourth-order valence-corrected chi connectivity index (χ4v) is 2.37. The maximum absolute atomic E-state index is 6.40. The highest BCUT2D eigenvalue weighted by Crippen LogP contribution is 2.32. The van der Waals surface area contributed by atoms with Crippen LogP contribution in [-0.2, 0) is 6.54 Å². The predicted octanol–water partition coefficient (Wildman–Crippen LogP) is 4.22. The van der Waals surface area contributed by atoms with E-state index in [-0.39, 0.29) is 5.54 Å². The van der Waals surface area contributed by atoms with E-state index in [1.165, 1.54) is 24.1 Å². The summed E-state index contributed by atoms with van der Waals surface area (Å²) >= 11 is 6.40. The normalized spacial score (nSPS) is 15.6. The molecule has 19 heavy (non-hydrogen) atoms. The highest BCUT2D eigenvalue weighted by molar-refractivity contribution is 6.31. The van der Waals surface area contributed by atoms with Crippen LogP contribution >= 0.6 is 11.6 Å². The first-order chi connectivity index (χ1) is 8.95. The summed E-state index contributed by atoms with van der Waals surface area (Å²) in [6.45, 7) is 7.63. The van der Waals surface area contributed by atoms with Gasteiger partial charge in [0.1, 0.15) is 0 Å². The van der Waals surface area contributed by atoms with Gasteiger partial charge in [-0.15, -0.1) is 0 Å². The van der Waals surface area contributed by atoms with Gasteiger partial charge in [0.15, 0.2) is 0 Å². The third kappa shape index (κ3) is 3.43. The van der Waals surface area contributed by atoms with Gasteiger partial charge in [-0.1, -0.05) is 24.6 Å². The molecule has 2 rings (SSSR count). The van der Waals surface area contributed by atoms with Crippen LogP contribution in [0.2, 0.25) is 5.02 Å². The first-order valence-electron chi connectivity index (χ1n) is 7.20. The number of nitrogens with one attached hydrogen (secondary N) is 1. The Balaban J connectivity index is 2.24. The van der Waals surface area contributed by atoms with Crippen molar-refractivity contribution in [1.82, 2.24) is 5.32 Å². The molecule has 1 aromatic rings. The lowest BCUT2D eigenvalue weighted by molar-refractivity contribution is 0.469. The summed E-state index contributed by atoms with van der Waals surface area (Å²) in [7, 11) is 2.16. The molecule has 1 aromatic carbocycles. The van der Waals surface area contributed by atoms with Crippen molar-refractivity contribution in [3.8, 4) is 0 Å². The van der Waals surface area contributed by atoms with Crippen LogP contribution in [0.1, 0.15) is 45.6 Å². The van der Waals surface area contributed by atoms with Gasteiger partial charge in [0.05, 0.1) is 0 Å². The Kier molecular flexibility index (Phi) is 4.42. The molecule has 0 atom stereocenters. The molecular formula is C16H25ClN2. The molecule has 0 spiro atoms. The van der Waals surface area contributed by atoms with Crippen LogP contribution in [0, 0.1) is 0 Å². The van der Waals surface area contributed by atoms with E-state index in [0.29, 0.717) is 6.04 Å². The Bertz CT molecular complexity index is 438. The average molecular weight is 281 g/mol. The molecule has 3 heteroatoms. The average Bonchev–Trinajstić information content (AvgIpc) is 3.20. The summed E-state index contributed by atoms with van der Waals surface area (Å²) < 4.78 is 0. The van der Waals surface area contributed by atoms with Gasteiger partial charge in [-0.2, -0.15) is 0 Å². The van der Waals surface area contributed by atoms with Crippen LogP contribution in [0.3, 0.4) is 0 Å². The van der Waals surface area contributed by atoms with Crippen molar-refractivity contribution in [2.24, 2.45) is 0 Å². The minimum absolute atomic E-state index is 0.138. The summed E-state index contributed by atoms with van der Waals surface area (Å²) in [5.74, 6) is 0. The van der Waals surface area contributed by atoms with Crippen LogP contribution in [-0.4, -0.2) is 18.6 Å². The van der Waals surface area contributed by atoms with Crippen LogP contribution in [0.15, 0.2) is 18.2 Å². The molecule has 1 aliphatic rings. The second kappa shape index (κ2) is 5.72. The third-order valence-electron chi connectivity index (χ3n) is 4.37. The zero-order chi connectivity index (χ0) is 14.0. The number of hydrogen-bond acceptors (Lipinski definition) is 2. The number of halogens is 1. The van der Waals surface area contributed by atoms with Gasteiger partial charge in [-0.25, -0.2) is 0 Å². The minimum atomic E-state index is 0.138. The maximum atomic E-state index is 6.40. The first-order valence-corrected chi connectivity index (χ1v) is 7.58. The molecule has 1 aliphatic carbocycles. The van der Waals surface area contributed by atoms with E-state index >= 15 is 0 Å². The predicted molar refractivity (Wildman–Crippen MR) is 84.1 cm³/mol. The summed E-state index contributed by atoms with van der Waals surface area (Å²) in [4.78, 5) is 2.35. The topological polar surface area (TPSA) is 15.3 Å². The van der Waals surface area contributed by atoms with Gasteiger partial charge in [0.2, 0.25) is 0 Å². The molecule has 0 saturated heterocycles. The maximum Gasteiger partial charge on any atom is 0.0471 e. The Hall–Kier alpha value is -0.730. The number of nitrogens with zero attached hydrogens (tertiary/aromatic N) is 1. The van der Waals surface area contributed by atoms with Crippen molar-refractivity contribution in [2.45, 2.75) is 58.2 Å². The Labute approximate surface area is 122 Å². The lowest BCUT2D eigenvalue weighted by Crippen LogP contribution is -2.41. The van der Waals surface area contributed by atoms with Gasteiger partial charge in [0, 0.05) is 41.4 Å². The van der Waals surface area contributed by atoms with Gasteiger partial charge in [-0.3, -0.25) is 0 Å². The molecule has 0 radical (unpaired) electrons. The second-order valence-corrected chi connectivity index (χ2v) is 6.52. The summed E-state index contributed by atoms with van der Waals surface area (Å²) in [6, 6.07) is 6.91. The van der Waals surface area contributed by atoms with Crippen LogP contribution in [0.25, 0.3) is 0 Å². The summed E-state index contributed by atoms with van der Waals surface area (Å²) in [5.41, 5.74) is 2.60. The van der Waals surface area contributed by atoms with E-state index in [2.05, 4.69) is 44.1 Å². The van der Waals surface area contributed by atoms with Crippen molar-refractivity contribution in [3.05, 3.63) is 28.8 Å². The molecule has 1 N–H and O–H groups in total. The molecule has 0 aromatic heterocycles. The quantitative estimate of drug-likeness (QED) is 0.839. The number of benzene rings is 1. The number of rotatable bonds is 6. The molecule has 106 valence electrons. The fourth-order valence-electron chi connectivity index (χ4n) is 2.13. The summed E-state index contributed by atoms with van der Waals surface area (Å²) in [5, 5.41) is 4.43. The van der Waals surface area contributed by atoms with Crippen LogP contribution in [0.4, 0.5) is 5.69 Å².